The van der Waals surface area contributed by atoms with E-state index < -0.39 is 0 Å². The Kier molecular flexibility index (Phi) is 4.10. The van der Waals surface area contributed by atoms with E-state index in [9.17, 15) is 5.26 Å². The Morgan fingerprint density at radius 2 is 1.90 bits per heavy atom. The molecule has 0 bridgehead atoms. The smallest absolute Gasteiger partial charge is 0.0998 e. The zero-order valence-electron chi connectivity index (χ0n) is 12.7. The molecule has 21 heavy (non-hydrogen) atoms. The minimum Gasteiger partial charge on any atom is -0.371 e. The van der Waals surface area contributed by atoms with Gasteiger partial charge in [-0.15, -0.1) is 0 Å². The molecule has 1 aliphatic carbocycles. The number of fused-ring (bicyclic) bond motifs is 1. The third-order valence-corrected chi connectivity index (χ3v) is 4.32. The Labute approximate surface area is 127 Å². The van der Waals surface area contributed by atoms with Gasteiger partial charge in [-0.25, -0.2) is 0 Å². The summed E-state index contributed by atoms with van der Waals surface area (Å²) in [6, 6.07) is 14.7. The lowest BCUT2D eigenvalue weighted by molar-refractivity contribution is 0.680. The van der Waals surface area contributed by atoms with Crippen LogP contribution in [0.2, 0.25) is 0 Å². The van der Waals surface area contributed by atoms with Gasteiger partial charge in [0.05, 0.1) is 11.6 Å². The van der Waals surface area contributed by atoms with E-state index in [4.69, 9.17) is 0 Å². The molecular weight excluding hydrogens is 256 g/mol. The van der Waals surface area contributed by atoms with Gasteiger partial charge < -0.3 is 4.90 Å². The first-order chi connectivity index (χ1) is 10.3. The quantitative estimate of drug-likeness (QED) is 0.764. The molecule has 108 valence electrons. The van der Waals surface area contributed by atoms with Gasteiger partial charge in [0.25, 0.3) is 0 Å². The molecule has 0 heterocycles. The van der Waals surface area contributed by atoms with Crippen LogP contribution >= 0.6 is 0 Å². The molecule has 1 fully saturated rings. The van der Waals surface area contributed by atoms with Crippen molar-refractivity contribution in [1.82, 2.24) is 0 Å². The summed E-state index contributed by atoms with van der Waals surface area (Å²) in [6.07, 6.45) is 5.18. The molecular formula is C19H22N2. The summed E-state index contributed by atoms with van der Waals surface area (Å²) in [7, 11) is 0. The van der Waals surface area contributed by atoms with Crippen molar-refractivity contribution in [2.75, 3.05) is 18.0 Å². The number of anilines is 1. The Hall–Kier alpha value is -2.01. The molecule has 2 heteroatoms. The monoisotopic (exact) mass is 278 g/mol. The Balaban J connectivity index is 2.02. The molecule has 3 rings (SSSR count). The van der Waals surface area contributed by atoms with Crippen LogP contribution in [0.15, 0.2) is 36.4 Å². The van der Waals surface area contributed by atoms with Crippen LogP contribution < -0.4 is 4.90 Å². The van der Waals surface area contributed by atoms with E-state index >= 15 is 0 Å². The summed E-state index contributed by atoms with van der Waals surface area (Å²) in [5, 5.41) is 11.6. The average molecular weight is 278 g/mol. The van der Waals surface area contributed by atoms with E-state index in [1.807, 2.05) is 12.1 Å². The van der Waals surface area contributed by atoms with Crippen LogP contribution in [0.3, 0.4) is 0 Å². The van der Waals surface area contributed by atoms with Crippen molar-refractivity contribution in [2.24, 2.45) is 5.92 Å². The molecule has 0 unspecified atom stereocenters. The van der Waals surface area contributed by atoms with Crippen molar-refractivity contribution in [3.8, 4) is 6.07 Å². The number of nitrogens with zero attached hydrogens (tertiary/aromatic N) is 2. The lowest BCUT2D eigenvalue weighted by Crippen LogP contribution is -2.27. The van der Waals surface area contributed by atoms with E-state index in [-0.39, 0.29) is 0 Å². The van der Waals surface area contributed by atoms with Crippen molar-refractivity contribution in [3.63, 3.8) is 0 Å². The number of nitriles is 1. The molecule has 1 saturated carbocycles. The molecule has 2 nitrogen and oxygen atoms in total. The van der Waals surface area contributed by atoms with Crippen molar-refractivity contribution < 1.29 is 0 Å². The topological polar surface area (TPSA) is 27.0 Å². The van der Waals surface area contributed by atoms with E-state index in [0.29, 0.717) is 0 Å². The summed E-state index contributed by atoms with van der Waals surface area (Å²) in [5.74, 6) is 0.872. The van der Waals surface area contributed by atoms with E-state index in [1.165, 1.54) is 36.8 Å². The molecule has 2 aromatic rings. The van der Waals surface area contributed by atoms with Crippen LogP contribution in [0.5, 0.6) is 0 Å². The van der Waals surface area contributed by atoms with Gasteiger partial charge in [-0.2, -0.15) is 5.26 Å². The predicted molar refractivity (Wildman–Crippen MR) is 88.5 cm³/mol. The number of hydrogen-bond acceptors (Lipinski definition) is 2. The van der Waals surface area contributed by atoms with E-state index in [2.05, 4.69) is 42.2 Å². The molecule has 0 aromatic heterocycles. The normalized spacial score (nSPS) is 14.1. The van der Waals surface area contributed by atoms with Crippen LogP contribution in [0, 0.1) is 17.2 Å². The van der Waals surface area contributed by atoms with Crippen LogP contribution in [0.4, 0.5) is 5.69 Å². The van der Waals surface area contributed by atoms with Crippen LogP contribution in [-0.2, 0) is 0 Å². The zero-order chi connectivity index (χ0) is 14.7. The first kappa shape index (κ1) is 13.9. The average Bonchev–Trinajstić information content (AvgIpc) is 3.34. The summed E-state index contributed by atoms with van der Waals surface area (Å²) in [5.41, 5.74) is 2.07. The number of benzene rings is 2. The number of hydrogen-bond donors (Lipinski definition) is 0. The van der Waals surface area contributed by atoms with Crippen LogP contribution in [0.1, 0.15) is 38.2 Å². The Morgan fingerprint density at radius 3 is 2.57 bits per heavy atom. The second-order valence-corrected chi connectivity index (χ2v) is 6.03. The first-order valence-corrected chi connectivity index (χ1v) is 8.00. The second-order valence-electron chi connectivity index (χ2n) is 6.03. The molecule has 0 aliphatic heterocycles. The molecule has 2 aromatic carbocycles. The second kappa shape index (κ2) is 6.18. The Bertz CT molecular complexity index is 665. The van der Waals surface area contributed by atoms with Gasteiger partial charge in [0, 0.05) is 29.5 Å². The van der Waals surface area contributed by atoms with Crippen LogP contribution in [-0.4, -0.2) is 13.1 Å². The van der Waals surface area contributed by atoms with Gasteiger partial charge in [-0.05, 0) is 37.3 Å². The maximum Gasteiger partial charge on any atom is 0.0998 e. The van der Waals surface area contributed by atoms with Crippen molar-refractivity contribution in [3.05, 3.63) is 42.0 Å². The maximum atomic E-state index is 9.30. The van der Waals surface area contributed by atoms with E-state index in [0.717, 1.165) is 30.0 Å². The van der Waals surface area contributed by atoms with Gasteiger partial charge >= 0.3 is 0 Å². The summed E-state index contributed by atoms with van der Waals surface area (Å²) in [6.45, 7) is 4.52. The molecule has 0 saturated heterocycles. The van der Waals surface area contributed by atoms with E-state index in [1.54, 1.807) is 0 Å². The fourth-order valence-corrected chi connectivity index (χ4v) is 2.93. The third-order valence-electron chi connectivity index (χ3n) is 4.32. The lowest BCUT2D eigenvalue weighted by Gasteiger charge is -2.26. The number of unbranched alkanes of at least 4 members (excludes halogenated alkanes) is 1. The minimum absolute atomic E-state index is 0.774. The maximum absolute atomic E-state index is 9.30. The number of rotatable bonds is 6. The van der Waals surface area contributed by atoms with Crippen LogP contribution in [0.25, 0.3) is 10.8 Å². The van der Waals surface area contributed by atoms with Crippen molar-refractivity contribution in [1.29, 1.82) is 5.26 Å². The van der Waals surface area contributed by atoms with Gasteiger partial charge in [-0.3, -0.25) is 0 Å². The van der Waals surface area contributed by atoms with Gasteiger partial charge in [-0.1, -0.05) is 37.6 Å². The molecule has 0 atom stereocenters. The highest BCUT2D eigenvalue weighted by molar-refractivity contribution is 5.97. The third kappa shape index (κ3) is 3.03. The highest BCUT2D eigenvalue weighted by Crippen LogP contribution is 2.35. The standard InChI is InChI=1S/C19H22N2/c1-2-3-12-21(14-15-8-9-15)19-11-10-16(13-20)17-6-4-5-7-18(17)19/h4-7,10-11,15H,2-3,8-9,12,14H2,1H3. The largest absolute Gasteiger partial charge is 0.371 e. The summed E-state index contributed by atoms with van der Waals surface area (Å²) >= 11 is 0. The fourth-order valence-electron chi connectivity index (χ4n) is 2.93. The van der Waals surface area contributed by atoms with Crippen molar-refractivity contribution in [2.45, 2.75) is 32.6 Å². The van der Waals surface area contributed by atoms with Crippen molar-refractivity contribution >= 4 is 16.5 Å². The molecule has 0 amide bonds. The lowest BCUT2D eigenvalue weighted by atomic mass is 10.0. The zero-order valence-corrected chi connectivity index (χ0v) is 12.7. The molecule has 0 radical (unpaired) electrons. The molecule has 1 aliphatic rings. The molecule has 0 N–H and O–H groups in total. The Morgan fingerprint density at radius 1 is 1.14 bits per heavy atom. The van der Waals surface area contributed by atoms with Gasteiger partial charge in [0.1, 0.15) is 0 Å². The molecule has 0 spiro atoms. The first-order valence-electron chi connectivity index (χ1n) is 8.00. The highest BCUT2D eigenvalue weighted by atomic mass is 15.1. The summed E-state index contributed by atoms with van der Waals surface area (Å²) < 4.78 is 0. The fraction of sp³-hybridized carbons (Fsp3) is 0.421. The predicted octanol–water partition coefficient (Wildman–Crippen LogP) is 4.73. The van der Waals surface area contributed by atoms with Gasteiger partial charge in [0.15, 0.2) is 0 Å². The highest BCUT2D eigenvalue weighted by Gasteiger charge is 2.25. The van der Waals surface area contributed by atoms with Gasteiger partial charge in [0.2, 0.25) is 0 Å². The SMILES string of the molecule is CCCCN(CC1CC1)c1ccc(C#N)c2ccccc12. The minimum atomic E-state index is 0.774. The summed E-state index contributed by atoms with van der Waals surface area (Å²) in [4.78, 5) is 2.53.